The van der Waals surface area contributed by atoms with Crippen molar-refractivity contribution in [3.8, 4) is 11.5 Å². The second-order valence-electron chi connectivity index (χ2n) is 9.78. The summed E-state index contributed by atoms with van der Waals surface area (Å²) in [5.74, 6) is 1.93. The van der Waals surface area contributed by atoms with Crippen LogP contribution < -0.4 is 10.1 Å². The molecule has 204 valence electrons. The topological polar surface area (TPSA) is 72.3 Å². The number of nitrogens with zero attached hydrogens (tertiary/aromatic N) is 4. The van der Waals surface area contributed by atoms with E-state index in [1.807, 2.05) is 23.7 Å². The number of hydrogen-bond donors (Lipinski definition) is 1. The average molecular weight is 538 g/mol. The van der Waals surface area contributed by atoms with Crippen molar-refractivity contribution in [2.24, 2.45) is 13.0 Å². The van der Waals surface area contributed by atoms with Crippen LogP contribution in [0.4, 0.5) is 24.8 Å². The number of ketones is 1. The van der Waals surface area contributed by atoms with E-state index in [0.29, 0.717) is 34.3 Å². The zero-order valence-electron chi connectivity index (χ0n) is 21.8. The largest absolute Gasteiger partial charge is 0.457 e. The maximum absolute atomic E-state index is 12.9. The summed E-state index contributed by atoms with van der Waals surface area (Å²) in [5.41, 5.74) is 1.95. The summed E-state index contributed by atoms with van der Waals surface area (Å²) in [6.45, 7) is 5.08. The van der Waals surface area contributed by atoms with Crippen LogP contribution >= 0.6 is 0 Å². The number of hydrogen-bond acceptors (Lipinski definition) is 6. The second kappa shape index (κ2) is 11.1. The van der Waals surface area contributed by atoms with Gasteiger partial charge in [-0.05, 0) is 74.9 Å². The second-order valence-corrected chi connectivity index (χ2v) is 9.78. The third-order valence-corrected chi connectivity index (χ3v) is 7.19. The normalized spacial score (nSPS) is 15.0. The van der Waals surface area contributed by atoms with E-state index in [9.17, 15) is 18.0 Å². The SMILES string of the molecule is CCN1CCC(C(=O)Cc2cc(Oc3ccc4c(c3)nc(Nc3ccc(C(F)(F)F)cc3)n4C)ccn2)CC1. The van der Waals surface area contributed by atoms with Crippen molar-refractivity contribution >= 4 is 28.5 Å². The number of nitrogens with one attached hydrogen (secondary N) is 1. The molecule has 1 aliphatic heterocycles. The molecule has 1 saturated heterocycles. The molecule has 10 heteroatoms. The lowest BCUT2D eigenvalue weighted by molar-refractivity contribution is -0.137. The van der Waals surface area contributed by atoms with Crippen LogP contribution in [0.5, 0.6) is 11.5 Å². The Hall–Kier alpha value is -3.92. The first-order chi connectivity index (χ1) is 18.7. The van der Waals surface area contributed by atoms with E-state index < -0.39 is 11.7 Å². The number of aryl methyl sites for hydroxylation is 1. The minimum atomic E-state index is -4.38. The molecule has 1 N–H and O–H groups in total. The first-order valence-electron chi connectivity index (χ1n) is 13.0. The molecule has 0 spiro atoms. The van der Waals surface area contributed by atoms with Gasteiger partial charge >= 0.3 is 6.18 Å². The molecule has 3 heterocycles. The maximum Gasteiger partial charge on any atom is 0.416 e. The Balaban J connectivity index is 1.26. The number of carbonyl (C=O) groups excluding carboxylic acids is 1. The number of likely N-dealkylation sites (tertiary alicyclic amines) is 1. The lowest BCUT2D eigenvalue weighted by Crippen LogP contribution is -2.36. The van der Waals surface area contributed by atoms with E-state index in [-0.39, 0.29) is 18.1 Å². The first kappa shape index (κ1) is 26.7. The lowest BCUT2D eigenvalue weighted by atomic mass is 9.90. The third-order valence-electron chi connectivity index (χ3n) is 7.19. The van der Waals surface area contributed by atoms with Crippen molar-refractivity contribution in [2.75, 3.05) is 25.0 Å². The Morgan fingerprint density at radius 3 is 2.46 bits per heavy atom. The number of ether oxygens (including phenoxy) is 1. The molecule has 39 heavy (non-hydrogen) atoms. The Bertz CT molecular complexity index is 1460. The molecule has 0 aliphatic carbocycles. The van der Waals surface area contributed by atoms with Crippen LogP contribution in [0, 0.1) is 5.92 Å². The monoisotopic (exact) mass is 537 g/mol. The fourth-order valence-electron chi connectivity index (χ4n) is 4.87. The number of rotatable bonds is 8. The number of Topliss-reactive ketones (excluding diaryl/α,β-unsaturated/α-hetero) is 1. The molecule has 0 radical (unpaired) electrons. The Morgan fingerprint density at radius 1 is 1.05 bits per heavy atom. The number of imidazole rings is 1. The highest BCUT2D eigenvalue weighted by molar-refractivity contribution is 5.83. The molecule has 2 aromatic heterocycles. The molecule has 0 unspecified atom stereocenters. The fourth-order valence-corrected chi connectivity index (χ4v) is 4.87. The number of halogens is 3. The summed E-state index contributed by atoms with van der Waals surface area (Å²) in [6.07, 6.45) is -0.676. The van der Waals surface area contributed by atoms with Crippen molar-refractivity contribution in [1.82, 2.24) is 19.4 Å². The van der Waals surface area contributed by atoms with E-state index in [2.05, 4.69) is 27.1 Å². The number of anilines is 2. The third kappa shape index (κ3) is 6.22. The lowest BCUT2D eigenvalue weighted by Gasteiger charge is -2.30. The Labute approximate surface area is 224 Å². The quantitative estimate of drug-likeness (QED) is 0.282. The van der Waals surface area contributed by atoms with Gasteiger partial charge in [0.25, 0.3) is 0 Å². The van der Waals surface area contributed by atoms with E-state index in [0.717, 1.165) is 50.1 Å². The predicted octanol–water partition coefficient (Wildman–Crippen LogP) is 6.37. The number of aromatic nitrogens is 3. The summed E-state index contributed by atoms with van der Waals surface area (Å²) in [4.78, 5) is 24.2. The van der Waals surface area contributed by atoms with Gasteiger partial charge in [-0.15, -0.1) is 0 Å². The number of benzene rings is 2. The summed E-state index contributed by atoms with van der Waals surface area (Å²) >= 11 is 0. The van der Waals surface area contributed by atoms with E-state index in [1.165, 1.54) is 12.1 Å². The van der Waals surface area contributed by atoms with E-state index in [1.54, 1.807) is 24.4 Å². The van der Waals surface area contributed by atoms with Gasteiger partial charge in [0.2, 0.25) is 5.95 Å². The highest BCUT2D eigenvalue weighted by Gasteiger charge is 2.30. The average Bonchev–Trinajstić information content (AvgIpc) is 3.22. The van der Waals surface area contributed by atoms with Crippen LogP contribution in [0.15, 0.2) is 60.8 Å². The number of fused-ring (bicyclic) bond motifs is 1. The molecule has 0 saturated carbocycles. The molecule has 2 aromatic carbocycles. The van der Waals surface area contributed by atoms with Gasteiger partial charge in [0.05, 0.1) is 22.3 Å². The van der Waals surface area contributed by atoms with Gasteiger partial charge in [0.15, 0.2) is 0 Å². The van der Waals surface area contributed by atoms with E-state index in [4.69, 9.17) is 4.74 Å². The van der Waals surface area contributed by atoms with Crippen LogP contribution in [0.2, 0.25) is 0 Å². The predicted molar refractivity (Wildman–Crippen MR) is 143 cm³/mol. The zero-order valence-corrected chi connectivity index (χ0v) is 21.8. The van der Waals surface area contributed by atoms with Gasteiger partial charge in [0.1, 0.15) is 17.3 Å². The van der Waals surface area contributed by atoms with Gasteiger partial charge in [0, 0.05) is 43.4 Å². The van der Waals surface area contributed by atoms with Gasteiger partial charge in [-0.2, -0.15) is 13.2 Å². The smallest absolute Gasteiger partial charge is 0.416 e. The maximum atomic E-state index is 12.9. The molecule has 5 rings (SSSR count). The summed E-state index contributed by atoms with van der Waals surface area (Å²) in [5, 5.41) is 3.07. The van der Waals surface area contributed by atoms with Crippen molar-refractivity contribution in [1.29, 1.82) is 0 Å². The van der Waals surface area contributed by atoms with Crippen molar-refractivity contribution in [3.63, 3.8) is 0 Å². The number of alkyl halides is 3. The molecular weight excluding hydrogens is 507 g/mol. The van der Waals surface area contributed by atoms with Crippen LogP contribution in [0.3, 0.4) is 0 Å². The van der Waals surface area contributed by atoms with Gasteiger partial charge < -0.3 is 19.5 Å². The summed E-state index contributed by atoms with van der Waals surface area (Å²) < 4.78 is 46.4. The number of pyridine rings is 1. The molecule has 4 aromatic rings. The van der Waals surface area contributed by atoms with Crippen LogP contribution in [-0.2, 0) is 24.4 Å². The van der Waals surface area contributed by atoms with Crippen LogP contribution in [0.1, 0.15) is 31.0 Å². The molecular formula is C29H30F3N5O2. The highest BCUT2D eigenvalue weighted by Crippen LogP contribution is 2.32. The van der Waals surface area contributed by atoms with E-state index >= 15 is 0 Å². The Morgan fingerprint density at radius 2 is 1.77 bits per heavy atom. The molecule has 0 bridgehead atoms. The first-order valence-corrected chi connectivity index (χ1v) is 13.0. The molecule has 1 aliphatic rings. The van der Waals surface area contributed by atoms with Crippen LogP contribution in [-0.4, -0.2) is 44.9 Å². The minimum Gasteiger partial charge on any atom is -0.457 e. The number of carbonyl (C=O) groups is 1. The molecule has 7 nitrogen and oxygen atoms in total. The molecule has 1 fully saturated rings. The highest BCUT2D eigenvalue weighted by atomic mass is 19.4. The van der Waals surface area contributed by atoms with Gasteiger partial charge in [-0.1, -0.05) is 6.92 Å². The van der Waals surface area contributed by atoms with Gasteiger partial charge in [-0.3, -0.25) is 9.78 Å². The Kier molecular flexibility index (Phi) is 7.56. The molecule has 0 atom stereocenters. The summed E-state index contributed by atoms with van der Waals surface area (Å²) in [7, 11) is 1.82. The standard InChI is InChI=1S/C29H30F3N5O2/c1-3-37-14-11-19(12-15-37)27(38)17-22-16-24(10-13-33-22)39-23-8-9-26-25(18-23)35-28(36(26)2)34-21-6-4-20(5-7-21)29(30,31)32/h4-10,13,16,18-19H,3,11-12,14-15,17H2,1-2H3,(H,34,35). The molecule has 0 amide bonds. The van der Waals surface area contributed by atoms with Gasteiger partial charge in [-0.25, -0.2) is 4.98 Å². The van der Waals surface area contributed by atoms with Crippen molar-refractivity contribution < 1.29 is 22.7 Å². The fraction of sp³-hybridized carbons (Fsp3) is 0.345. The van der Waals surface area contributed by atoms with Crippen LogP contribution in [0.25, 0.3) is 11.0 Å². The number of piperidine rings is 1. The van der Waals surface area contributed by atoms with Crippen molar-refractivity contribution in [3.05, 3.63) is 72.1 Å². The zero-order chi connectivity index (χ0) is 27.6. The minimum absolute atomic E-state index is 0.0797. The van der Waals surface area contributed by atoms with Crippen molar-refractivity contribution in [2.45, 2.75) is 32.4 Å². The summed E-state index contributed by atoms with van der Waals surface area (Å²) in [6, 6.07) is 13.8.